The van der Waals surface area contributed by atoms with Gasteiger partial charge in [0.25, 0.3) is 0 Å². The number of halogens is 1. The lowest BCUT2D eigenvalue weighted by Crippen LogP contribution is -2.35. The highest BCUT2D eigenvalue weighted by Crippen LogP contribution is 2.17. The van der Waals surface area contributed by atoms with Crippen molar-refractivity contribution in [1.29, 1.82) is 0 Å². The van der Waals surface area contributed by atoms with Crippen LogP contribution in [0.2, 0.25) is 0 Å². The smallest absolute Gasteiger partial charge is 0.321 e. The summed E-state index contributed by atoms with van der Waals surface area (Å²) in [5, 5.41) is 2.94. The Hall–Kier alpha value is -1.03. The first-order valence-corrected chi connectivity index (χ1v) is 6.86. The fourth-order valence-electron chi connectivity index (χ4n) is 2.04. The largest absolute Gasteiger partial charge is 0.325 e. The molecule has 0 aliphatic carbocycles. The summed E-state index contributed by atoms with van der Waals surface area (Å²) in [6.07, 6.45) is 4.71. The molecule has 0 unspecified atom stereocenters. The van der Waals surface area contributed by atoms with Crippen LogP contribution in [0.1, 0.15) is 25.7 Å². The molecule has 92 valence electrons. The molecule has 0 aromatic heterocycles. The van der Waals surface area contributed by atoms with Crippen LogP contribution >= 0.6 is 15.9 Å². The molecule has 1 N–H and O–H groups in total. The van der Waals surface area contributed by atoms with Crippen LogP contribution in [0.5, 0.6) is 0 Å². The van der Waals surface area contributed by atoms with Crippen molar-refractivity contribution in [3.05, 3.63) is 28.7 Å². The molecule has 0 atom stereocenters. The van der Waals surface area contributed by atoms with E-state index in [9.17, 15) is 4.79 Å². The Morgan fingerprint density at radius 3 is 2.53 bits per heavy atom. The maximum Gasteiger partial charge on any atom is 0.321 e. The molecule has 0 radical (unpaired) electrons. The molecule has 1 aliphatic heterocycles. The number of amides is 2. The van der Waals surface area contributed by atoms with Gasteiger partial charge in [0.15, 0.2) is 0 Å². The summed E-state index contributed by atoms with van der Waals surface area (Å²) in [5.41, 5.74) is 0.841. The second-order valence-corrected chi connectivity index (χ2v) is 5.26. The Balaban J connectivity index is 1.95. The summed E-state index contributed by atoms with van der Waals surface area (Å²) in [6.45, 7) is 1.75. The van der Waals surface area contributed by atoms with Crippen LogP contribution in [0, 0.1) is 0 Å². The molecule has 1 fully saturated rings. The van der Waals surface area contributed by atoms with Gasteiger partial charge in [-0.3, -0.25) is 0 Å². The van der Waals surface area contributed by atoms with Crippen molar-refractivity contribution in [3.63, 3.8) is 0 Å². The molecule has 0 saturated carbocycles. The normalized spacial score (nSPS) is 16.4. The van der Waals surface area contributed by atoms with Crippen LogP contribution in [0.15, 0.2) is 28.7 Å². The van der Waals surface area contributed by atoms with Gasteiger partial charge >= 0.3 is 6.03 Å². The molecule has 1 aromatic rings. The average Bonchev–Trinajstić information content (AvgIpc) is 2.57. The molecule has 1 aromatic carbocycles. The summed E-state index contributed by atoms with van der Waals surface area (Å²) in [4.78, 5) is 13.9. The number of hydrogen-bond acceptors (Lipinski definition) is 1. The minimum absolute atomic E-state index is 0.0185. The first kappa shape index (κ1) is 12.4. The molecular formula is C13H17BrN2O. The minimum Gasteiger partial charge on any atom is -0.325 e. The lowest BCUT2D eigenvalue weighted by Gasteiger charge is -2.20. The molecule has 2 amide bonds. The van der Waals surface area contributed by atoms with Crippen LogP contribution in [0.25, 0.3) is 0 Å². The fraction of sp³-hybridized carbons (Fsp3) is 0.462. The maximum atomic E-state index is 12.0. The zero-order chi connectivity index (χ0) is 12.1. The first-order valence-electron chi connectivity index (χ1n) is 6.07. The topological polar surface area (TPSA) is 32.3 Å². The number of nitrogens with one attached hydrogen (secondary N) is 1. The van der Waals surface area contributed by atoms with Crippen molar-refractivity contribution in [2.75, 3.05) is 18.4 Å². The summed E-state index contributed by atoms with van der Waals surface area (Å²) < 4.78 is 0.978. The van der Waals surface area contributed by atoms with Gasteiger partial charge < -0.3 is 10.2 Å². The van der Waals surface area contributed by atoms with Crippen LogP contribution in [0.4, 0.5) is 10.5 Å². The quantitative estimate of drug-likeness (QED) is 0.839. The number of hydrogen-bond donors (Lipinski definition) is 1. The highest BCUT2D eigenvalue weighted by Gasteiger charge is 2.15. The highest BCUT2D eigenvalue weighted by atomic mass is 79.9. The van der Waals surface area contributed by atoms with Crippen LogP contribution in [-0.4, -0.2) is 24.0 Å². The molecule has 4 heteroatoms. The van der Waals surface area contributed by atoms with Gasteiger partial charge in [-0.2, -0.15) is 0 Å². The van der Waals surface area contributed by atoms with Gasteiger partial charge in [-0.05, 0) is 31.0 Å². The molecule has 17 heavy (non-hydrogen) atoms. The van der Waals surface area contributed by atoms with Crippen LogP contribution < -0.4 is 5.32 Å². The summed E-state index contributed by atoms with van der Waals surface area (Å²) >= 11 is 3.40. The third-order valence-corrected chi connectivity index (χ3v) is 3.46. The van der Waals surface area contributed by atoms with Crippen molar-refractivity contribution in [1.82, 2.24) is 4.90 Å². The second-order valence-electron chi connectivity index (χ2n) is 4.34. The van der Waals surface area contributed by atoms with Crippen molar-refractivity contribution in [2.24, 2.45) is 0 Å². The Bertz CT molecular complexity index is 387. The van der Waals surface area contributed by atoms with E-state index in [2.05, 4.69) is 21.2 Å². The number of rotatable bonds is 1. The van der Waals surface area contributed by atoms with E-state index in [1.54, 1.807) is 0 Å². The molecule has 0 bridgehead atoms. The summed E-state index contributed by atoms with van der Waals surface area (Å²) in [5.74, 6) is 0. The molecule has 1 heterocycles. The molecule has 3 nitrogen and oxygen atoms in total. The highest BCUT2D eigenvalue weighted by molar-refractivity contribution is 9.10. The molecule has 2 rings (SSSR count). The predicted octanol–water partition coefficient (Wildman–Crippen LogP) is 3.86. The Labute approximate surface area is 110 Å². The minimum atomic E-state index is 0.0185. The number of benzene rings is 1. The van der Waals surface area contributed by atoms with Gasteiger partial charge in [0, 0.05) is 23.2 Å². The zero-order valence-electron chi connectivity index (χ0n) is 9.79. The zero-order valence-corrected chi connectivity index (χ0v) is 11.4. The SMILES string of the molecule is O=C(Nc1cccc(Br)c1)N1CCCCCC1. The lowest BCUT2D eigenvalue weighted by molar-refractivity contribution is 0.214. The molecule has 0 spiro atoms. The second kappa shape index (κ2) is 6.05. The number of anilines is 1. The Morgan fingerprint density at radius 1 is 1.18 bits per heavy atom. The van der Waals surface area contributed by atoms with E-state index >= 15 is 0 Å². The number of urea groups is 1. The number of carbonyl (C=O) groups excluding carboxylic acids is 1. The monoisotopic (exact) mass is 296 g/mol. The Morgan fingerprint density at radius 2 is 1.88 bits per heavy atom. The third kappa shape index (κ3) is 3.73. The van der Waals surface area contributed by atoms with Crippen molar-refractivity contribution < 1.29 is 4.79 Å². The van der Waals surface area contributed by atoms with E-state index in [4.69, 9.17) is 0 Å². The van der Waals surface area contributed by atoms with Gasteiger partial charge in [-0.1, -0.05) is 34.8 Å². The van der Waals surface area contributed by atoms with E-state index in [1.807, 2.05) is 29.2 Å². The van der Waals surface area contributed by atoms with Crippen molar-refractivity contribution in [3.8, 4) is 0 Å². The standard InChI is InChI=1S/C13H17BrN2O/c14-11-6-5-7-12(10-11)15-13(17)16-8-3-1-2-4-9-16/h5-7,10H,1-4,8-9H2,(H,15,17). The van der Waals surface area contributed by atoms with Crippen molar-refractivity contribution >= 4 is 27.6 Å². The molecule has 1 aliphatic rings. The van der Waals surface area contributed by atoms with E-state index in [0.29, 0.717) is 0 Å². The number of likely N-dealkylation sites (tertiary alicyclic amines) is 1. The van der Waals surface area contributed by atoms with Gasteiger partial charge in [0.2, 0.25) is 0 Å². The lowest BCUT2D eigenvalue weighted by atomic mass is 10.2. The van der Waals surface area contributed by atoms with Gasteiger partial charge in [-0.25, -0.2) is 4.79 Å². The van der Waals surface area contributed by atoms with Crippen molar-refractivity contribution in [2.45, 2.75) is 25.7 Å². The fourth-order valence-corrected chi connectivity index (χ4v) is 2.44. The van der Waals surface area contributed by atoms with E-state index < -0.39 is 0 Å². The van der Waals surface area contributed by atoms with Crippen LogP contribution in [0.3, 0.4) is 0 Å². The van der Waals surface area contributed by atoms with Gasteiger partial charge in [0.05, 0.1) is 0 Å². The number of nitrogens with zero attached hydrogens (tertiary/aromatic N) is 1. The van der Waals surface area contributed by atoms with Gasteiger partial charge in [-0.15, -0.1) is 0 Å². The van der Waals surface area contributed by atoms with E-state index in [0.717, 1.165) is 36.1 Å². The summed E-state index contributed by atoms with van der Waals surface area (Å²) in [6, 6.07) is 7.70. The van der Waals surface area contributed by atoms with E-state index in [1.165, 1.54) is 12.8 Å². The first-order chi connectivity index (χ1) is 8.25. The predicted molar refractivity (Wildman–Crippen MR) is 73.2 cm³/mol. The Kier molecular flexibility index (Phi) is 4.42. The third-order valence-electron chi connectivity index (χ3n) is 2.97. The number of carbonyl (C=O) groups is 1. The summed E-state index contributed by atoms with van der Waals surface area (Å²) in [7, 11) is 0. The van der Waals surface area contributed by atoms with Crippen LogP contribution in [-0.2, 0) is 0 Å². The van der Waals surface area contributed by atoms with Gasteiger partial charge in [0.1, 0.15) is 0 Å². The average molecular weight is 297 g/mol. The molecule has 1 saturated heterocycles. The maximum absolute atomic E-state index is 12.0. The molecular weight excluding hydrogens is 280 g/mol. The van der Waals surface area contributed by atoms with E-state index in [-0.39, 0.29) is 6.03 Å².